The number of piperazine rings is 1. The Balaban J connectivity index is 2.11. The molecule has 1 fully saturated rings. The number of nitrogens with zero attached hydrogens (tertiary/aromatic N) is 3. The zero-order chi connectivity index (χ0) is 11.5. The molecule has 1 aliphatic heterocycles. The largest absolute Gasteiger partial charge is 0.353 e. The highest BCUT2D eigenvalue weighted by atomic mass is 16.2. The molecule has 5 heteroatoms. The molecule has 0 saturated carbocycles. The van der Waals surface area contributed by atoms with Gasteiger partial charge in [0.1, 0.15) is 0 Å². The predicted octanol–water partition coefficient (Wildman–Crippen LogP) is 0.536. The van der Waals surface area contributed by atoms with Crippen LogP contribution in [-0.4, -0.2) is 35.5 Å². The van der Waals surface area contributed by atoms with Gasteiger partial charge in [0.25, 0.3) is 0 Å². The first kappa shape index (κ1) is 10.9. The Hall–Kier alpha value is -1.65. The van der Waals surface area contributed by atoms with Crippen LogP contribution in [0.5, 0.6) is 0 Å². The highest BCUT2D eigenvalue weighted by Gasteiger charge is 2.18. The molecular weight excluding hydrogens is 204 g/mol. The number of anilines is 1. The lowest BCUT2D eigenvalue weighted by Crippen LogP contribution is -2.48. The molecule has 1 aliphatic rings. The fourth-order valence-corrected chi connectivity index (χ4v) is 1.60. The third kappa shape index (κ3) is 2.29. The number of rotatable bonds is 2. The van der Waals surface area contributed by atoms with Gasteiger partial charge < -0.3 is 10.2 Å². The SMILES string of the molecule is CC(C)c1cnc(N2CCNC(=O)C2)nc1. The van der Waals surface area contributed by atoms with E-state index in [0.29, 0.717) is 25.0 Å². The van der Waals surface area contributed by atoms with Gasteiger partial charge in [-0.05, 0) is 11.5 Å². The molecule has 0 unspecified atom stereocenters. The summed E-state index contributed by atoms with van der Waals surface area (Å²) in [7, 11) is 0. The average Bonchev–Trinajstić information content (AvgIpc) is 2.29. The maximum atomic E-state index is 11.2. The molecule has 0 aliphatic carbocycles. The average molecular weight is 220 g/mol. The van der Waals surface area contributed by atoms with Crippen LogP contribution in [0.2, 0.25) is 0 Å². The van der Waals surface area contributed by atoms with E-state index in [2.05, 4.69) is 29.1 Å². The summed E-state index contributed by atoms with van der Waals surface area (Å²) in [6.07, 6.45) is 3.67. The van der Waals surface area contributed by atoms with E-state index in [1.807, 2.05) is 17.3 Å². The van der Waals surface area contributed by atoms with Crippen molar-refractivity contribution in [3.05, 3.63) is 18.0 Å². The van der Waals surface area contributed by atoms with Gasteiger partial charge in [0, 0.05) is 25.5 Å². The number of carbonyl (C=O) groups excluding carboxylic acids is 1. The topological polar surface area (TPSA) is 58.1 Å². The minimum Gasteiger partial charge on any atom is -0.353 e. The zero-order valence-electron chi connectivity index (χ0n) is 9.60. The molecule has 2 heterocycles. The number of nitrogens with one attached hydrogen (secondary N) is 1. The van der Waals surface area contributed by atoms with Crippen molar-refractivity contribution in [1.82, 2.24) is 15.3 Å². The smallest absolute Gasteiger partial charge is 0.239 e. The van der Waals surface area contributed by atoms with Crippen LogP contribution in [0.4, 0.5) is 5.95 Å². The third-order valence-corrected chi connectivity index (χ3v) is 2.65. The second-order valence-corrected chi connectivity index (χ2v) is 4.24. The van der Waals surface area contributed by atoms with Crippen LogP contribution in [-0.2, 0) is 4.79 Å². The van der Waals surface area contributed by atoms with Gasteiger partial charge in [-0.25, -0.2) is 9.97 Å². The Morgan fingerprint density at radius 2 is 2.06 bits per heavy atom. The maximum absolute atomic E-state index is 11.2. The summed E-state index contributed by atoms with van der Waals surface area (Å²) in [5.41, 5.74) is 1.12. The van der Waals surface area contributed by atoms with Crippen LogP contribution in [0, 0.1) is 0 Å². The van der Waals surface area contributed by atoms with Gasteiger partial charge in [0.05, 0.1) is 6.54 Å². The van der Waals surface area contributed by atoms with E-state index in [-0.39, 0.29) is 5.91 Å². The molecule has 86 valence electrons. The summed E-state index contributed by atoms with van der Waals surface area (Å²) < 4.78 is 0. The Morgan fingerprint density at radius 1 is 1.38 bits per heavy atom. The molecule has 0 bridgehead atoms. The molecule has 0 radical (unpaired) electrons. The molecule has 1 saturated heterocycles. The van der Waals surface area contributed by atoms with E-state index in [1.165, 1.54) is 0 Å². The zero-order valence-corrected chi connectivity index (χ0v) is 9.60. The molecule has 5 nitrogen and oxygen atoms in total. The van der Waals surface area contributed by atoms with Crippen LogP contribution in [0.25, 0.3) is 0 Å². The summed E-state index contributed by atoms with van der Waals surface area (Å²) in [6, 6.07) is 0. The first-order valence-electron chi connectivity index (χ1n) is 5.50. The summed E-state index contributed by atoms with van der Waals surface area (Å²) in [6.45, 7) is 5.99. The Labute approximate surface area is 94.9 Å². The van der Waals surface area contributed by atoms with Crippen molar-refractivity contribution in [3.63, 3.8) is 0 Å². The second-order valence-electron chi connectivity index (χ2n) is 4.24. The molecule has 0 atom stereocenters. The van der Waals surface area contributed by atoms with Gasteiger partial charge in [0.2, 0.25) is 11.9 Å². The normalized spacial score (nSPS) is 16.4. The van der Waals surface area contributed by atoms with Crippen molar-refractivity contribution >= 4 is 11.9 Å². The van der Waals surface area contributed by atoms with Crippen LogP contribution in [0.1, 0.15) is 25.3 Å². The van der Waals surface area contributed by atoms with Gasteiger partial charge in [-0.1, -0.05) is 13.8 Å². The van der Waals surface area contributed by atoms with Crippen LogP contribution < -0.4 is 10.2 Å². The first-order valence-corrected chi connectivity index (χ1v) is 5.50. The van der Waals surface area contributed by atoms with Gasteiger partial charge in [0.15, 0.2) is 0 Å². The molecule has 2 rings (SSSR count). The van der Waals surface area contributed by atoms with Crippen molar-refractivity contribution in [2.75, 3.05) is 24.5 Å². The maximum Gasteiger partial charge on any atom is 0.239 e. The van der Waals surface area contributed by atoms with E-state index in [4.69, 9.17) is 0 Å². The summed E-state index contributed by atoms with van der Waals surface area (Å²) in [4.78, 5) is 21.7. The van der Waals surface area contributed by atoms with Gasteiger partial charge in [-0.2, -0.15) is 0 Å². The van der Waals surface area contributed by atoms with Crippen molar-refractivity contribution in [1.29, 1.82) is 0 Å². The van der Waals surface area contributed by atoms with Crippen molar-refractivity contribution in [2.45, 2.75) is 19.8 Å². The number of amides is 1. The molecule has 1 N–H and O–H groups in total. The number of hydrogen-bond donors (Lipinski definition) is 1. The van der Waals surface area contributed by atoms with Gasteiger partial charge in [-0.3, -0.25) is 4.79 Å². The minimum atomic E-state index is 0.0304. The lowest BCUT2D eigenvalue weighted by atomic mass is 10.1. The summed E-state index contributed by atoms with van der Waals surface area (Å²) in [5, 5.41) is 2.78. The molecule has 0 spiro atoms. The highest BCUT2D eigenvalue weighted by Crippen LogP contribution is 2.14. The highest BCUT2D eigenvalue weighted by molar-refractivity contribution is 5.81. The molecule has 1 aromatic heterocycles. The Kier molecular flexibility index (Phi) is 3.03. The van der Waals surface area contributed by atoms with Crippen molar-refractivity contribution in [2.24, 2.45) is 0 Å². The van der Waals surface area contributed by atoms with E-state index >= 15 is 0 Å². The van der Waals surface area contributed by atoms with Gasteiger partial charge in [-0.15, -0.1) is 0 Å². The quantitative estimate of drug-likeness (QED) is 0.790. The van der Waals surface area contributed by atoms with Crippen molar-refractivity contribution < 1.29 is 4.79 Å². The molecular formula is C11H16N4O. The summed E-state index contributed by atoms with van der Waals surface area (Å²) in [5.74, 6) is 1.10. The number of carbonyl (C=O) groups is 1. The molecule has 16 heavy (non-hydrogen) atoms. The lowest BCUT2D eigenvalue weighted by Gasteiger charge is -2.26. The van der Waals surface area contributed by atoms with E-state index in [9.17, 15) is 4.79 Å². The fourth-order valence-electron chi connectivity index (χ4n) is 1.60. The Morgan fingerprint density at radius 3 is 2.62 bits per heavy atom. The van der Waals surface area contributed by atoms with E-state index < -0.39 is 0 Å². The number of aromatic nitrogens is 2. The fraction of sp³-hybridized carbons (Fsp3) is 0.545. The molecule has 1 aromatic rings. The second kappa shape index (κ2) is 4.47. The standard InChI is InChI=1S/C11H16N4O/c1-8(2)9-5-13-11(14-6-9)15-4-3-12-10(16)7-15/h5-6,8H,3-4,7H2,1-2H3,(H,12,16). The minimum absolute atomic E-state index is 0.0304. The van der Waals surface area contributed by atoms with E-state index in [1.54, 1.807) is 0 Å². The number of hydrogen-bond acceptors (Lipinski definition) is 4. The van der Waals surface area contributed by atoms with E-state index in [0.717, 1.165) is 12.1 Å². The third-order valence-electron chi connectivity index (χ3n) is 2.65. The van der Waals surface area contributed by atoms with Crippen molar-refractivity contribution in [3.8, 4) is 0 Å². The first-order chi connectivity index (χ1) is 7.66. The van der Waals surface area contributed by atoms with Crippen LogP contribution in [0.15, 0.2) is 12.4 Å². The summed E-state index contributed by atoms with van der Waals surface area (Å²) >= 11 is 0. The Bertz CT molecular complexity index is 374. The molecule has 1 amide bonds. The predicted molar refractivity (Wildman–Crippen MR) is 61.3 cm³/mol. The van der Waals surface area contributed by atoms with Crippen LogP contribution in [0.3, 0.4) is 0 Å². The lowest BCUT2D eigenvalue weighted by molar-refractivity contribution is -0.120. The van der Waals surface area contributed by atoms with Gasteiger partial charge >= 0.3 is 0 Å². The monoisotopic (exact) mass is 220 g/mol. The molecule has 0 aromatic carbocycles. The van der Waals surface area contributed by atoms with Crippen LogP contribution >= 0.6 is 0 Å².